The van der Waals surface area contributed by atoms with Gasteiger partial charge in [0.25, 0.3) is 0 Å². The number of esters is 1. The predicted molar refractivity (Wildman–Crippen MR) is 84.0 cm³/mol. The summed E-state index contributed by atoms with van der Waals surface area (Å²) in [6, 6.07) is 7.08. The van der Waals surface area contributed by atoms with Crippen molar-refractivity contribution in [3.8, 4) is 0 Å². The van der Waals surface area contributed by atoms with Crippen LogP contribution in [0.4, 0.5) is 0 Å². The molecular formula is C17H12ClNO3. The van der Waals surface area contributed by atoms with Crippen LogP contribution in [0.2, 0.25) is 0 Å². The van der Waals surface area contributed by atoms with Crippen molar-refractivity contribution in [3.05, 3.63) is 70.4 Å². The Kier molecular flexibility index (Phi) is 3.77. The monoisotopic (exact) mass is 313 g/mol. The summed E-state index contributed by atoms with van der Waals surface area (Å²) in [5.74, 6) is -0.915. The van der Waals surface area contributed by atoms with E-state index in [1.807, 2.05) is 19.1 Å². The van der Waals surface area contributed by atoms with E-state index in [-0.39, 0.29) is 11.5 Å². The van der Waals surface area contributed by atoms with Crippen LogP contribution in [-0.2, 0) is 9.53 Å². The molecule has 0 fully saturated rings. The second kappa shape index (κ2) is 5.73. The lowest BCUT2D eigenvalue weighted by Gasteiger charge is -2.22. The van der Waals surface area contributed by atoms with Crippen LogP contribution in [-0.4, -0.2) is 23.6 Å². The maximum Gasteiger partial charge on any atom is 0.358 e. The van der Waals surface area contributed by atoms with Crippen LogP contribution < -0.4 is 0 Å². The maximum absolute atomic E-state index is 12.2. The average Bonchev–Trinajstić information content (AvgIpc) is 2.49. The van der Waals surface area contributed by atoms with Crippen LogP contribution in [0, 0.1) is 6.92 Å². The van der Waals surface area contributed by atoms with E-state index < -0.39 is 12.1 Å². The average molecular weight is 314 g/mol. The number of halogens is 1. The molecule has 4 nitrogen and oxygen atoms in total. The van der Waals surface area contributed by atoms with Gasteiger partial charge < -0.3 is 4.74 Å². The fourth-order valence-electron chi connectivity index (χ4n) is 2.12. The fraction of sp³-hybridized carbons (Fsp3) is 0.118. The van der Waals surface area contributed by atoms with Crippen molar-refractivity contribution in [1.82, 2.24) is 0 Å². The highest BCUT2D eigenvalue weighted by molar-refractivity contribution is 6.34. The number of ether oxygens (including phenoxy) is 1. The summed E-state index contributed by atoms with van der Waals surface area (Å²) >= 11 is 5.90. The molecule has 0 bridgehead atoms. The van der Waals surface area contributed by atoms with Crippen molar-refractivity contribution in [2.75, 3.05) is 0 Å². The SMILES string of the molecule is Cc1ccc(C(=O)/C=C2\N=C3C=C(Cl)C=CC3OC2=O)cc1. The van der Waals surface area contributed by atoms with Crippen molar-refractivity contribution >= 4 is 29.1 Å². The molecule has 1 aromatic rings. The molecule has 110 valence electrons. The number of allylic oxidation sites excluding steroid dienone is 3. The molecule has 5 heteroatoms. The number of hydrogen-bond donors (Lipinski definition) is 0. The van der Waals surface area contributed by atoms with Crippen molar-refractivity contribution in [2.45, 2.75) is 13.0 Å². The topological polar surface area (TPSA) is 55.7 Å². The smallest absolute Gasteiger partial charge is 0.358 e. The number of carbonyl (C=O) groups excluding carboxylic acids is 2. The Hall–Kier alpha value is -2.46. The normalized spacial score (nSPS) is 21.8. The highest BCUT2D eigenvalue weighted by atomic mass is 35.5. The highest BCUT2D eigenvalue weighted by Gasteiger charge is 2.28. The third kappa shape index (κ3) is 2.92. The Morgan fingerprint density at radius 3 is 2.77 bits per heavy atom. The molecule has 0 amide bonds. The standard InChI is InChI=1S/C17H12ClNO3/c1-10-2-4-11(5-3-10)15(20)9-14-17(21)22-16-7-6-12(18)8-13(16)19-14/h2-9,16H,1H3/b14-9-. The highest BCUT2D eigenvalue weighted by Crippen LogP contribution is 2.22. The zero-order valence-corrected chi connectivity index (χ0v) is 12.5. The minimum absolute atomic E-state index is 0.0205. The summed E-state index contributed by atoms with van der Waals surface area (Å²) in [6.45, 7) is 1.93. The minimum atomic E-state index is -0.620. The lowest BCUT2D eigenvalue weighted by Crippen LogP contribution is -2.31. The molecule has 1 unspecified atom stereocenters. The molecule has 0 N–H and O–H groups in total. The van der Waals surface area contributed by atoms with Crippen LogP contribution in [0.3, 0.4) is 0 Å². The van der Waals surface area contributed by atoms with Crippen LogP contribution in [0.1, 0.15) is 15.9 Å². The second-order valence-corrected chi connectivity index (χ2v) is 5.45. The van der Waals surface area contributed by atoms with Crippen molar-refractivity contribution < 1.29 is 14.3 Å². The summed E-state index contributed by atoms with van der Waals surface area (Å²) in [5.41, 5.74) is 2.03. The first-order valence-corrected chi connectivity index (χ1v) is 7.08. The molecule has 0 saturated heterocycles. The van der Waals surface area contributed by atoms with Gasteiger partial charge in [0.05, 0.1) is 5.71 Å². The molecule has 1 aromatic carbocycles. The molecule has 0 aromatic heterocycles. The Morgan fingerprint density at radius 2 is 2.05 bits per heavy atom. The van der Waals surface area contributed by atoms with E-state index in [9.17, 15) is 9.59 Å². The van der Waals surface area contributed by atoms with Gasteiger partial charge in [-0.1, -0.05) is 41.4 Å². The minimum Gasteiger partial charge on any atom is -0.447 e. The largest absolute Gasteiger partial charge is 0.447 e. The number of benzene rings is 1. The van der Waals surface area contributed by atoms with E-state index in [1.165, 1.54) is 6.08 Å². The Bertz CT molecular complexity index is 770. The van der Waals surface area contributed by atoms with Crippen LogP contribution >= 0.6 is 11.6 Å². The predicted octanol–water partition coefficient (Wildman–Crippen LogP) is 3.12. The number of ketones is 1. The number of rotatable bonds is 2. The summed E-state index contributed by atoms with van der Waals surface area (Å²) in [6.07, 6.45) is 5.56. The van der Waals surface area contributed by atoms with E-state index in [0.29, 0.717) is 16.3 Å². The summed E-state index contributed by atoms with van der Waals surface area (Å²) in [4.78, 5) is 28.3. The third-order valence-corrected chi connectivity index (χ3v) is 3.54. The number of nitrogens with zero attached hydrogens (tertiary/aromatic N) is 1. The van der Waals surface area contributed by atoms with E-state index in [0.717, 1.165) is 5.56 Å². The van der Waals surface area contributed by atoms with Gasteiger partial charge in [-0.3, -0.25) is 4.79 Å². The Balaban J connectivity index is 1.92. The number of fused-ring (bicyclic) bond motifs is 1. The van der Waals surface area contributed by atoms with Gasteiger partial charge in [-0.25, -0.2) is 9.79 Å². The number of aryl methyl sites for hydroxylation is 1. The van der Waals surface area contributed by atoms with Gasteiger partial charge in [0.1, 0.15) is 0 Å². The summed E-state index contributed by atoms with van der Waals surface area (Å²) in [7, 11) is 0. The molecular weight excluding hydrogens is 302 g/mol. The van der Waals surface area contributed by atoms with Gasteiger partial charge in [0.2, 0.25) is 0 Å². The lowest BCUT2D eigenvalue weighted by molar-refractivity contribution is -0.140. The van der Waals surface area contributed by atoms with E-state index in [4.69, 9.17) is 16.3 Å². The molecule has 2 aliphatic rings. The van der Waals surface area contributed by atoms with Crippen LogP contribution in [0.5, 0.6) is 0 Å². The van der Waals surface area contributed by atoms with E-state index >= 15 is 0 Å². The number of aliphatic imine (C=N–C) groups is 1. The molecule has 1 aliphatic carbocycles. The van der Waals surface area contributed by atoms with Crippen LogP contribution in [0.25, 0.3) is 0 Å². The molecule has 0 radical (unpaired) electrons. The van der Waals surface area contributed by atoms with Gasteiger partial charge in [0.15, 0.2) is 17.6 Å². The zero-order chi connectivity index (χ0) is 15.7. The van der Waals surface area contributed by atoms with Gasteiger partial charge in [-0.05, 0) is 25.2 Å². The second-order valence-electron chi connectivity index (χ2n) is 5.01. The summed E-state index contributed by atoms with van der Waals surface area (Å²) < 4.78 is 5.23. The molecule has 1 atom stereocenters. The van der Waals surface area contributed by atoms with Crippen molar-refractivity contribution in [1.29, 1.82) is 0 Å². The molecule has 0 saturated carbocycles. The van der Waals surface area contributed by atoms with Gasteiger partial charge in [-0.15, -0.1) is 0 Å². The van der Waals surface area contributed by atoms with Crippen molar-refractivity contribution in [3.63, 3.8) is 0 Å². The summed E-state index contributed by atoms with van der Waals surface area (Å²) in [5, 5.41) is 0.497. The molecule has 0 spiro atoms. The molecule has 1 heterocycles. The molecule has 3 rings (SSSR count). The third-order valence-electron chi connectivity index (χ3n) is 3.30. The van der Waals surface area contributed by atoms with Gasteiger partial charge in [0, 0.05) is 16.7 Å². The Morgan fingerprint density at radius 1 is 1.32 bits per heavy atom. The molecule has 1 aliphatic heterocycles. The lowest BCUT2D eigenvalue weighted by atomic mass is 10.1. The van der Waals surface area contributed by atoms with E-state index in [2.05, 4.69) is 4.99 Å². The van der Waals surface area contributed by atoms with Crippen LogP contribution in [0.15, 0.2) is 64.3 Å². The van der Waals surface area contributed by atoms with Gasteiger partial charge in [-0.2, -0.15) is 0 Å². The first-order valence-electron chi connectivity index (χ1n) is 6.70. The first-order chi connectivity index (χ1) is 10.5. The van der Waals surface area contributed by atoms with E-state index in [1.54, 1.807) is 30.4 Å². The van der Waals surface area contributed by atoms with Gasteiger partial charge >= 0.3 is 5.97 Å². The first kappa shape index (κ1) is 14.5. The quantitative estimate of drug-likeness (QED) is 0.479. The number of carbonyl (C=O) groups is 2. The maximum atomic E-state index is 12.2. The fourth-order valence-corrected chi connectivity index (χ4v) is 2.31. The van der Waals surface area contributed by atoms with Crippen molar-refractivity contribution in [2.24, 2.45) is 4.99 Å². The zero-order valence-electron chi connectivity index (χ0n) is 11.7. The Labute approximate surface area is 132 Å². The number of hydrogen-bond acceptors (Lipinski definition) is 4. The molecule has 22 heavy (non-hydrogen) atoms.